The van der Waals surface area contributed by atoms with Gasteiger partial charge in [-0.05, 0) is 29.8 Å². The van der Waals surface area contributed by atoms with Gasteiger partial charge in [0.15, 0.2) is 5.69 Å². The molecule has 0 amide bonds. The Morgan fingerprint density at radius 1 is 1.19 bits per heavy atom. The molecule has 6 heteroatoms. The molecule has 4 nitrogen and oxygen atoms in total. The lowest BCUT2D eigenvalue weighted by Gasteiger charge is -1.99. The van der Waals surface area contributed by atoms with Crippen LogP contribution in [0.4, 0.5) is 0 Å². The summed E-state index contributed by atoms with van der Waals surface area (Å²) < 4.78 is 0. The van der Waals surface area contributed by atoms with Crippen LogP contribution in [0.5, 0.6) is 0 Å². The fourth-order valence-corrected chi connectivity index (χ4v) is 3.14. The van der Waals surface area contributed by atoms with Crippen LogP contribution in [0.1, 0.15) is 10.5 Å². The summed E-state index contributed by atoms with van der Waals surface area (Å²) in [6.45, 7) is 0. The molecule has 0 bridgehead atoms. The van der Waals surface area contributed by atoms with E-state index in [-0.39, 0.29) is 5.69 Å². The first-order valence-corrected chi connectivity index (χ1v) is 7.25. The molecule has 3 aromatic rings. The second-order valence-corrected chi connectivity index (χ2v) is 5.69. The molecule has 1 N–H and O–H groups in total. The smallest absolute Gasteiger partial charge is 0.356 e. The van der Waals surface area contributed by atoms with Crippen molar-refractivity contribution in [2.24, 2.45) is 0 Å². The first kappa shape index (κ1) is 13.7. The number of benzene rings is 1. The van der Waals surface area contributed by atoms with Crippen molar-refractivity contribution in [3.8, 4) is 21.0 Å². The zero-order chi connectivity index (χ0) is 14.8. The summed E-state index contributed by atoms with van der Waals surface area (Å²) in [7, 11) is 0. The Labute approximate surface area is 129 Å². The molecule has 2 heterocycles. The number of carbonyl (C=O) groups is 1. The molecule has 0 radical (unpaired) electrons. The molecule has 0 saturated carbocycles. The van der Waals surface area contributed by atoms with Crippen molar-refractivity contribution in [2.45, 2.75) is 0 Å². The van der Waals surface area contributed by atoms with E-state index >= 15 is 0 Å². The summed E-state index contributed by atoms with van der Waals surface area (Å²) in [6.07, 6.45) is 3.32. The van der Waals surface area contributed by atoms with E-state index in [0.717, 1.165) is 11.1 Å². The topological polar surface area (TPSA) is 63.1 Å². The molecule has 0 spiro atoms. The Hall–Kier alpha value is -2.24. The van der Waals surface area contributed by atoms with Gasteiger partial charge in [0.1, 0.15) is 5.01 Å². The van der Waals surface area contributed by atoms with Crippen molar-refractivity contribution in [2.75, 3.05) is 0 Å². The monoisotopic (exact) mass is 316 g/mol. The highest BCUT2D eigenvalue weighted by Gasteiger charge is 2.19. The van der Waals surface area contributed by atoms with Gasteiger partial charge < -0.3 is 5.11 Å². The van der Waals surface area contributed by atoms with Crippen molar-refractivity contribution >= 4 is 28.9 Å². The number of aromatic nitrogens is 2. The SMILES string of the molecule is O=C(O)c1nc(-c2cccnc2)sc1-c1cccc(Cl)c1. The number of hydrogen-bond donors (Lipinski definition) is 1. The molecule has 0 fully saturated rings. The molecule has 1 aromatic carbocycles. The highest BCUT2D eigenvalue weighted by molar-refractivity contribution is 7.18. The fourth-order valence-electron chi connectivity index (χ4n) is 1.90. The van der Waals surface area contributed by atoms with Crippen molar-refractivity contribution in [3.63, 3.8) is 0 Å². The normalized spacial score (nSPS) is 10.5. The summed E-state index contributed by atoms with van der Waals surface area (Å²) in [5.41, 5.74) is 1.56. The molecule has 0 saturated heterocycles. The highest BCUT2D eigenvalue weighted by atomic mass is 35.5. The number of rotatable bonds is 3. The summed E-state index contributed by atoms with van der Waals surface area (Å²) in [4.78, 5) is 20.3. The molecule has 2 aromatic heterocycles. The Bertz CT molecular complexity index is 802. The van der Waals surface area contributed by atoms with Gasteiger partial charge in [-0.15, -0.1) is 11.3 Å². The second kappa shape index (κ2) is 5.63. The number of carboxylic acid groups (broad SMARTS) is 1. The van der Waals surface area contributed by atoms with Crippen LogP contribution in [0.15, 0.2) is 48.8 Å². The Morgan fingerprint density at radius 3 is 2.67 bits per heavy atom. The van der Waals surface area contributed by atoms with Gasteiger partial charge in [0, 0.05) is 23.0 Å². The maximum Gasteiger partial charge on any atom is 0.356 e. The molecule has 21 heavy (non-hydrogen) atoms. The van der Waals surface area contributed by atoms with E-state index in [1.165, 1.54) is 11.3 Å². The molecule has 0 aliphatic heterocycles. The van der Waals surface area contributed by atoms with E-state index in [0.29, 0.717) is 14.9 Å². The average Bonchev–Trinajstić information content (AvgIpc) is 2.93. The number of halogens is 1. The van der Waals surface area contributed by atoms with Crippen LogP contribution in [0.25, 0.3) is 21.0 Å². The summed E-state index contributed by atoms with van der Waals surface area (Å²) in [6, 6.07) is 10.7. The van der Waals surface area contributed by atoms with E-state index in [1.54, 1.807) is 36.7 Å². The van der Waals surface area contributed by atoms with Gasteiger partial charge in [-0.2, -0.15) is 0 Å². The van der Waals surface area contributed by atoms with Gasteiger partial charge in [0.2, 0.25) is 0 Å². The summed E-state index contributed by atoms with van der Waals surface area (Å²) >= 11 is 7.29. The Kier molecular flexibility index (Phi) is 3.68. The quantitative estimate of drug-likeness (QED) is 0.785. The molecular formula is C15H9ClN2O2S. The lowest BCUT2D eigenvalue weighted by molar-refractivity contribution is 0.0692. The number of carboxylic acids is 1. The van der Waals surface area contributed by atoms with E-state index in [1.807, 2.05) is 12.1 Å². The van der Waals surface area contributed by atoms with Crippen molar-refractivity contribution in [1.82, 2.24) is 9.97 Å². The summed E-state index contributed by atoms with van der Waals surface area (Å²) in [5.74, 6) is -1.06. The third-order valence-corrected chi connectivity index (χ3v) is 4.21. The third-order valence-electron chi connectivity index (χ3n) is 2.83. The lowest BCUT2D eigenvalue weighted by atomic mass is 10.1. The minimum atomic E-state index is -1.06. The highest BCUT2D eigenvalue weighted by Crippen LogP contribution is 2.36. The molecule has 0 atom stereocenters. The fraction of sp³-hybridized carbons (Fsp3) is 0. The summed E-state index contributed by atoms with van der Waals surface area (Å²) in [5, 5.41) is 10.5. The van der Waals surface area contributed by atoms with Crippen LogP contribution >= 0.6 is 22.9 Å². The zero-order valence-corrected chi connectivity index (χ0v) is 12.2. The molecule has 0 unspecified atom stereocenters. The number of aromatic carboxylic acids is 1. The van der Waals surface area contributed by atoms with Crippen molar-refractivity contribution in [3.05, 3.63) is 59.5 Å². The van der Waals surface area contributed by atoms with Crippen LogP contribution in [-0.4, -0.2) is 21.0 Å². The second-order valence-electron chi connectivity index (χ2n) is 4.25. The average molecular weight is 317 g/mol. The van der Waals surface area contributed by atoms with E-state index in [9.17, 15) is 9.90 Å². The molecule has 0 aliphatic carbocycles. The standard InChI is InChI=1S/C15H9ClN2O2S/c16-11-5-1-3-9(7-11)13-12(15(19)20)18-14(21-13)10-4-2-6-17-8-10/h1-8H,(H,19,20). The third kappa shape index (κ3) is 2.79. The van der Waals surface area contributed by atoms with E-state index < -0.39 is 5.97 Å². The zero-order valence-electron chi connectivity index (χ0n) is 10.7. The van der Waals surface area contributed by atoms with Gasteiger partial charge in [-0.25, -0.2) is 9.78 Å². The van der Waals surface area contributed by atoms with Gasteiger partial charge in [-0.1, -0.05) is 23.7 Å². The minimum absolute atomic E-state index is 0.0288. The van der Waals surface area contributed by atoms with Crippen LogP contribution in [0.2, 0.25) is 5.02 Å². The van der Waals surface area contributed by atoms with Crippen LogP contribution in [0, 0.1) is 0 Å². The molecular weight excluding hydrogens is 308 g/mol. The Morgan fingerprint density at radius 2 is 2.00 bits per heavy atom. The molecule has 104 valence electrons. The number of nitrogens with zero attached hydrogens (tertiary/aromatic N) is 2. The minimum Gasteiger partial charge on any atom is -0.476 e. The number of thiazole rings is 1. The molecule has 3 rings (SSSR count). The predicted octanol–water partition coefficient (Wildman–Crippen LogP) is 4.22. The maximum absolute atomic E-state index is 11.4. The Balaban J connectivity index is 2.16. The van der Waals surface area contributed by atoms with Gasteiger partial charge in [0.25, 0.3) is 0 Å². The number of hydrogen-bond acceptors (Lipinski definition) is 4. The van der Waals surface area contributed by atoms with Crippen molar-refractivity contribution in [1.29, 1.82) is 0 Å². The van der Waals surface area contributed by atoms with Crippen molar-refractivity contribution < 1.29 is 9.90 Å². The van der Waals surface area contributed by atoms with Gasteiger partial charge in [0.05, 0.1) is 4.88 Å². The van der Waals surface area contributed by atoms with Crippen LogP contribution in [0.3, 0.4) is 0 Å². The van der Waals surface area contributed by atoms with Gasteiger partial charge in [-0.3, -0.25) is 4.98 Å². The van der Waals surface area contributed by atoms with E-state index in [4.69, 9.17) is 11.6 Å². The lowest BCUT2D eigenvalue weighted by Crippen LogP contribution is -1.98. The van der Waals surface area contributed by atoms with Gasteiger partial charge >= 0.3 is 5.97 Å². The number of pyridine rings is 1. The first-order valence-electron chi connectivity index (χ1n) is 6.05. The molecule has 0 aliphatic rings. The largest absolute Gasteiger partial charge is 0.476 e. The van der Waals surface area contributed by atoms with E-state index in [2.05, 4.69) is 9.97 Å². The first-order chi connectivity index (χ1) is 10.1. The predicted molar refractivity (Wildman–Crippen MR) is 82.8 cm³/mol. The van der Waals surface area contributed by atoms with Crippen LogP contribution < -0.4 is 0 Å². The van der Waals surface area contributed by atoms with Crippen LogP contribution in [-0.2, 0) is 0 Å². The maximum atomic E-state index is 11.4.